The molecule has 1 rings (SSSR count). The van der Waals surface area contributed by atoms with Gasteiger partial charge in [0.2, 0.25) is 0 Å². The van der Waals surface area contributed by atoms with Crippen molar-refractivity contribution in [2.45, 2.75) is 44.7 Å². The molecule has 0 spiro atoms. The van der Waals surface area contributed by atoms with Gasteiger partial charge in [-0.2, -0.15) is 0 Å². The van der Waals surface area contributed by atoms with Crippen LogP contribution >= 0.6 is 0 Å². The van der Waals surface area contributed by atoms with E-state index in [1.807, 2.05) is 0 Å². The summed E-state index contributed by atoms with van der Waals surface area (Å²) < 4.78 is 5.27. The van der Waals surface area contributed by atoms with Crippen molar-refractivity contribution in [1.82, 2.24) is 0 Å². The molecule has 0 saturated carbocycles. The predicted octanol–water partition coefficient (Wildman–Crippen LogP) is -0.0945. The molecule has 2 N–H and O–H groups in total. The van der Waals surface area contributed by atoms with Crippen molar-refractivity contribution in [3.8, 4) is 0 Å². The molecule has 1 aliphatic heterocycles. The summed E-state index contributed by atoms with van der Waals surface area (Å²) >= 11 is 0. The standard InChI is InChI=1S/C7H14O3/c1-4-5(8)6(9)7(2,3)10-4/h4-6,8-9H,1-3H3/t4-,5?,6?/m1/s1. The maximum absolute atomic E-state index is 9.32. The Morgan fingerprint density at radius 2 is 1.80 bits per heavy atom. The zero-order valence-corrected chi connectivity index (χ0v) is 6.53. The second kappa shape index (κ2) is 2.19. The van der Waals surface area contributed by atoms with Crippen LogP contribution in [0.2, 0.25) is 0 Å². The molecule has 0 aromatic carbocycles. The molecule has 3 nitrogen and oxygen atoms in total. The molecule has 0 aromatic heterocycles. The SMILES string of the molecule is C[C@H]1OC(C)(C)C(O)C1O. The minimum absolute atomic E-state index is 0.259. The van der Waals surface area contributed by atoms with E-state index in [1.165, 1.54) is 0 Å². The highest BCUT2D eigenvalue weighted by Gasteiger charge is 2.45. The summed E-state index contributed by atoms with van der Waals surface area (Å²) in [5, 5.41) is 18.5. The minimum atomic E-state index is -0.762. The van der Waals surface area contributed by atoms with Crippen LogP contribution in [-0.2, 0) is 4.74 Å². The molecule has 0 amide bonds. The quantitative estimate of drug-likeness (QED) is 0.502. The monoisotopic (exact) mass is 146 g/mol. The number of hydrogen-bond acceptors (Lipinski definition) is 3. The van der Waals surface area contributed by atoms with Crippen molar-refractivity contribution >= 4 is 0 Å². The average Bonchev–Trinajstić information content (AvgIpc) is 1.95. The number of rotatable bonds is 0. The summed E-state index contributed by atoms with van der Waals surface area (Å²) in [6.07, 6.45) is -1.76. The lowest BCUT2D eigenvalue weighted by Gasteiger charge is -2.21. The van der Waals surface area contributed by atoms with E-state index in [2.05, 4.69) is 0 Å². The second-order valence-electron chi connectivity index (χ2n) is 3.36. The molecule has 1 aliphatic rings. The second-order valence-corrected chi connectivity index (χ2v) is 3.36. The number of hydrogen-bond donors (Lipinski definition) is 2. The van der Waals surface area contributed by atoms with E-state index < -0.39 is 17.8 Å². The van der Waals surface area contributed by atoms with Gasteiger partial charge in [0.1, 0.15) is 12.2 Å². The topological polar surface area (TPSA) is 49.7 Å². The van der Waals surface area contributed by atoms with Crippen molar-refractivity contribution in [3.05, 3.63) is 0 Å². The van der Waals surface area contributed by atoms with Crippen LogP contribution in [-0.4, -0.2) is 34.1 Å². The van der Waals surface area contributed by atoms with Crippen LogP contribution in [0.5, 0.6) is 0 Å². The van der Waals surface area contributed by atoms with Crippen LogP contribution in [0.1, 0.15) is 20.8 Å². The van der Waals surface area contributed by atoms with Crippen molar-refractivity contribution in [1.29, 1.82) is 0 Å². The first-order valence-corrected chi connectivity index (χ1v) is 3.49. The third-order valence-corrected chi connectivity index (χ3v) is 2.01. The Labute approximate surface area is 60.6 Å². The largest absolute Gasteiger partial charge is 0.388 e. The summed E-state index contributed by atoms with van der Waals surface area (Å²) in [6, 6.07) is 0. The predicted molar refractivity (Wildman–Crippen MR) is 36.6 cm³/mol. The van der Waals surface area contributed by atoms with Crippen molar-refractivity contribution in [2.75, 3.05) is 0 Å². The molecule has 0 aliphatic carbocycles. The fraction of sp³-hybridized carbons (Fsp3) is 1.00. The molecular formula is C7H14O3. The Morgan fingerprint density at radius 3 is 1.90 bits per heavy atom. The lowest BCUT2D eigenvalue weighted by molar-refractivity contribution is -0.0515. The van der Waals surface area contributed by atoms with Crippen LogP contribution < -0.4 is 0 Å². The minimum Gasteiger partial charge on any atom is -0.388 e. The van der Waals surface area contributed by atoms with E-state index in [0.717, 1.165) is 0 Å². The first-order chi connectivity index (χ1) is 4.45. The van der Waals surface area contributed by atoms with Gasteiger partial charge in [0, 0.05) is 0 Å². The van der Waals surface area contributed by atoms with Crippen molar-refractivity contribution in [2.24, 2.45) is 0 Å². The highest BCUT2D eigenvalue weighted by Crippen LogP contribution is 2.29. The van der Waals surface area contributed by atoms with E-state index in [-0.39, 0.29) is 6.10 Å². The zero-order chi connectivity index (χ0) is 7.94. The first kappa shape index (κ1) is 7.98. The number of ether oxygens (including phenoxy) is 1. The summed E-state index contributed by atoms with van der Waals surface area (Å²) in [5.74, 6) is 0. The van der Waals surface area contributed by atoms with Gasteiger partial charge in [-0.05, 0) is 20.8 Å². The third-order valence-electron chi connectivity index (χ3n) is 2.01. The lowest BCUT2D eigenvalue weighted by atomic mass is 9.99. The molecule has 0 aromatic rings. The van der Waals surface area contributed by atoms with Gasteiger partial charge in [-0.25, -0.2) is 0 Å². The van der Waals surface area contributed by atoms with Crippen LogP contribution in [0.15, 0.2) is 0 Å². The van der Waals surface area contributed by atoms with Gasteiger partial charge in [-0.15, -0.1) is 0 Å². The van der Waals surface area contributed by atoms with Gasteiger partial charge in [-0.1, -0.05) is 0 Å². The highest BCUT2D eigenvalue weighted by molar-refractivity contribution is 4.94. The van der Waals surface area contributed by atoms with Gasteiger partial charge in [0.15, 0.2) is 0 Å². The molecule has 1 heterocycles. The Hall–Kier alpha value is -0.120. The van der Waals surface area contributed by atoms with Crippen molar-refractivity contribution in [3.63, 3.8) is 0 Å². The maximum Gasteiger partial charge on any atom is 0.111 e. The molecule has 0 radical (unpaired) electrons. The summed E-state index contributed by atoms with van der Waals surface area (Å²) in [6.45, 7) is 5.29. The van der Waals surface area contributed by atoms with E-state index in [9.17, 15) is 10.2 Å². The molecule has 3 atom stereocenters. The van der Waals surface area contributed by atoms with E-state index in [4.69, 9.17) is 4.74 Å². The molecule has 2 unspecified atom stereocenters. The zero-order valence-electron chi connectivity index (χ0n) is 6.53. The summed E-state index contributed by atoms with van der Waals surface area (Å²) in [4.78, 5) is 0. The Kier molecular flexibility index (Phi) is 1.75. The lowest BCUT2D eigenvalue weighted by Crippen LogP contribution is -2.37. The molecular weight excluding hydrogens is 132 g/mol. The maximum atomic E-state index is 9.32. The Balaban J connectivity index is 2.71. The summed E-state index contributed by atoms with van der Waals surface area (Å²) in [5.41, 5.74) is -0.598. The fourth-order valence-electron chi connectivity index (χ4n) is 1.29. The van der Waals surface area contributed by atoms with Gasteiger partial charge in [0.25, 0.3) is 0 Å². The molecule has 0 bridgehead atoms. The molecule has 10 heavy (non-hydrogen) atoms. The van der Waals surface area contributed by atoms with Crippen LogP contribution in [0, 0.1) is 0 Å². The smallest absolute Gasteiger partial charge is 0.111 e. The van der Waals surface area contributed by atoms with Crippen LogP contribution in [0.3, 0.4) is 0 Å². The van der Waals surface area contributed by atoms with Crippen molar-refractivity contribution < 1.29 is 14.9 Å². The van der Waals surface area contributed by atoms with E-state index in [0.29, 0.717) is 0 Å². The third kappa shape index (κ3) is 1.05. The Bertz CT molecular complexity index is 133. The average molecular weight is 146 g/mol. The molecule has 1 saturated heterocycles. The molecule has 60 valence electrons. The van der Waals surface area contributed by atoms with E-state index >= 15 is 0 Å². The van der Waals surface area contributed by atoms with Crippen LogP contribution in [0.4, 0.5) is 0 Å². The van der Waals surface area contributed by atoms with E-state index in [1.54, 1.807) is 20.8 Å². The fourth-order valence-corrected chi connectivity index (χ4v) is 1.29. The first-order valence-electron chi connectivity index (χ1n) is 3.49. The van der Waals surface area contributed by atoms with Gasteiger partial charge < -0.3 is 14.9 Å². The normalized spacial score (nSPS) is 45.9. The number of aliphatic hydroxyl groups is 2. The molecule has 3 heteroatoms. The van der Waals surface area contributed by atoms with Gasteiger partial charge >= 0.3 is 0 Å². The van der Waals surface area contributed by atoms with Crippen LogP contribution in [0.25, 0.3) is 0 Å². The molecule has 1 fully saturated rings. The number of aliphatic hydroxyl groups excluding tert-OH is 2. The summed E-state index contributed by atoms with van der Waals surface area (Å²) in [7, 11) is 0. The highest BCUT2D eigenvalue weighted by atomic mass is 16.6. The van der Waals surface area contributed by atoms with Gasteiger partial charge in [-0.3, -0.25) is 0 Å². The van der Waals surface area contributed by atoms with Gasteiger partial charge in [0.05, 0.1) is 11.7 Å². The Morgan fingerprint density at radius 1 is 1.30 bits per heavy atom.